The van der Waals surface area contributed by atoms with E-state index >= 15 is 0 Å². The molecule has 3 nitrogen and oxygen atoms in total. The van der Waals surface area contributed by atoms with Crippen molar-refractivity contribution < 1.29 is 4.74 Å². The normalized spacial score (nSPS) is 28.1. The van der Waals surface area contributed by atoms with Gasteiger partial charge in [0.25, 0.3) is 0 Å². The van der Waals surface area contributed by atoms with Crippen LogP contribution in [0, 0.1) is 0 Å². The number of anilines is 1. The number of rotatable bonds is 2. The summed E-state index contributed by atoms with van der Waals surface area (Å²) in [5.74, 6) is 0. The van der Waals surface area contributed by atoms with Gasteiger partial charge < -0.3 is 10.5 Å². The molecule has 0 bridgehead atoms. The lowest BCUT2D eigenvalue weighted by molar-refractivity contribution is -0.0311. The zero-order valence-corrected chi connectivity index (χ0v) is 11.8. The van der Waals surface area contributed by atoms with Crippen LogP contribution in [0.25, 0.3) is 0 Å². The number of hydrogen-bond acceptors (Lipinski definition) is 3. The van der Waals surface area contributed by atoms with E-state index in [0.717, 1.165) is 38.2 Å². The van der Waals surface area contributed by atoms with Crippen LogP contribution in [0.15, 0.2) is 18.2 Å². The van der Waals surface area contributed by atoms with Gasteiger partial charge in [0.2, 0.25) is 0 Å². The Bertz CT molecular complexity index is 446. The van der Waals surface area contributed by atoms with Gasteiger partial charge in [-0.15, -0.1) is 0 Å². The van der Waals surface area contributed by atoms with Gasteiger partial charge in [-0.2, -0.15) is 0 Å². The summed E-state index contributed by atoms with van der Waals surface area (Å²) in [4.78, 5) is 2.61. The van der Waals surface area contributed by atoms with E-state index in [9.17, 15) is 0 Å². The summed E-state index contributed by atoms with van der Waals surface area (Å²) in [6.45, 7) is 5.31. The number of benzene rings is 1. The Balaban J connectivity index is 1.73. The molecule has 0 amide bonds. The van der Waals surface area contributed by atoms with Crippen LogP contribution < -0.4 is 5.73 Å². The Morgan fingerprint density at radius 1 is 1.42 bits per heavy atom. The number of ether oxygens (including phenoxy) is 1. The molecule has 3 rings (SSSR count). The number of nitrogens with two attached hydrogens (primary N) is 1. The van der Waals surface area contributed by atoms with Crippen molar-refractivity contribution in [1.82, 2.24) is 4.90 Å². The topological polar surface area (TPSA) is 38.5 Å². The molecule has 19 heavy (non-hydrogen) atoms. The van der Waals surface area contributed by atoms with Crippen molar-refractivity contribution in [2.24, 2.45) is 0 Å². The van der Waals surface area contributed by atoms with Crippen LogP contribution in [0.2, 0.25) is 0 Å². The molecule has 1 aromatic rings. The summed E-state index contributed by atoms with van der Waals surface area (Å²) in [6, 6.07) is 7.00. The van der Waals surface area contributed by atoms with Crippen LogP contribution in [0.3, 0.4) is 0 Å². The number of nitrogen functional groups attached to an aromatic ring is 1. The zero-order chi connectivity index (χ0) is 13.2. The molecule has 2 atom stereocenters. The molecule has 104 valence electrons. The number of nitrogens with zero attached hydrogens (tertiary/aromatic N) is 1. The minimum atomic E-state index is 0.452. The Morgan fingerprint density at radius 2 is 2.32 bits per heavy atom. The second-order valence-electron chi connectivity index (χ2n) is 5.78. The van der Waals surface area contributed by atoms with Crippen molar-refractivity contribution in [1.29, 1.82) is 0 Å². The van der Waals surface area contributed by atoms with Crippen molar-refractivity contribution in [3.05, 3.63) is 29.3 Å². The molecule has 2 aliphatic heterocycles. The minimum absolute atomic E-state index is 0.452. The molecule has 1 aromatic carbocycles. The highest BCUT2D eigenvalue weighted by atomic mass is 16.5. The Labute approximate surface area is 115 Å². The molecule has 1 fully saturated rings. The molecule has 0 aliphatic carbocycles. The first-order valence-corrected chi connectivity index (χ1v) is 7.49. The van der Waals surface area contributed by atoms with Crippen molar-refractivity contribution in [2.75, 3.05) is 18.9 Å². The summed E-state index contributed by atoms with van der Waals surface area (Å²) in [6.07, 6.45) is 5.06. The van der Waals surface area contributed by atoms with Crippen molar-refractivity contribution in [2.45, 2.75) is 51.3 Å². The maximum Gasteiger partial charge on any atom is 0.0587 e. The fourth-order valence-corrected chi connectivity index (χ4v) is 3.42. The lowest BCUT2D eigenvalue weighted by Gasteiger charge is -2.40. The van der Waals surface area contributed by atoms with Gasteiger partial charge in [-0.05, 0) is 42.9 Å². The maximum absolute atomic E-state index is 6.14. The first-order valence-electron chi connectivity index (χ1n) is 7.49. The van der Waals surface area contributed by atoms with Gasteiger partial charge in [0.1, 0.15) is 0 Å². The van der Waals surface area contributed by atoms with Gasteiger partial charge in [0, 0.05) is 31.4 Å². The van der Waals surface area contributed by atoms with Crippen LogP contribution in [0.4, 0.5) is 5.69 Å². The van der Waals surface area contributed by atoms with E-state index in [0.29, 0.717) is 12.1 Å². The molecule has 2 aliphatic rings. The molecule has 0 saturated carbocycles. The molecule has 1 saturated heterocycles. The van der Waals surface area contributed by atoms with Gasteiger partial charge in [-0.25, -0.2) is 0 Å². The summed E-state index contributed by atoms with van der Waals surface area (Å²) < 4.78 is 5.79. The largest absolute Gasteiger partial charge is 0.398 e. The number of hydrogen-bond donors (Lipinski definition) is 1. The summed E-state index contributed by atoms with van der Waals surface area (Å²) in [7, 11) is 0. The first kappa shape index (κ1) is 12.9. The van der Waals surface area contributed by atoms with Crippen molar-refractivity contribution in [3.63, 3.8) is 0 Å². The first-order chi connectivity index (χ1) is 9.28. The standard InChI is InChI=1S/C16H24N2O/c1-2-14-10-13(7-9-19-14)18-8-6-12-4-3-5-16(17)15(12)11-18/h3-5,13-14H,2,6-11,17H2,1H3. The zero-order valence-electron chi connectivity index (χ0n) is 11.8. The molecule has 0 radical (unpaired) electrons. The van der Waals surface area contributed by atoms with E-state index in [1.807, 2.05) is 6.07 Å². The second kappa shape index (κ2) is 5.51. The van der Waals surface area contributed by atoms with Gasteiger partial charge in [-0.1, -0.05) is 19.1 Å². The Morgan fingerprint density at radius 3 is 3.16 bits per heavy atom. The van der Waals surface area contributed by atoms with Gasteiger partial charge in [0.05, 0.1) is 6.10 Å². The van der Waals surface area contributed by atoms with E-state index in [1.165, 1.54) is 24.0 Å². The fourth-order valence-electron chi connectivity index (χ4n) is 3.42. The molecule has 3 heteroatoms. The highest BCUT2D eigenvalue weighted by Gasteiger charge is 2.29. The molecular weight excluding hydrogens is 236 g/mol. The minimum Gasteiger partial charge on any atom is -0.398 e. The third-order valence-electron chi connectivity index (χ3n) is 4.65. The van der Waals surface area contributed by atoms with Gasteiger partial charge in [-0.3, -0.25) is 4.90 Å². The molecular formula is C16H24N2O. The Hall–Kier alpha value is -1.06. The average Bonchev–Trinajstić information content (AvgIpc) is 2.47. The second-order valence-corrected chi connectivity index (χ2v) is 5.78. The van der Waals surface area contributed by atoms with Gasteiger partial charge >= 0.3 is 0 Å². The van der Waals surface area contributed by atoms with Gasteiger partial charge in [0.15, 0.2) is 0 Å². The monoisotopic (exact) mass is 260 g/mol. The van der Waals surface area contributed by atoms with Crippen LogP contribution in [-0.2, 0) is 17.7 Å². The van der Waals surface area contributed by atoms with E-state index in [1.54, 1.807) is 0 Å². The predicted octanol–water partition coefficient (Wildman–Crippen LogP) is 2.58. The molecule has 2 N–H and O–H groups in total. The lowest BCUT2D eigenvalue weighted by Crippen LogP contribution is -2.44. The summed E-state index contributed by atoms with van der Waals surface area (Å²) in [5, 5.41) is 0. The lowest BCUT2D eigenvalue weighted by atomic mass is 9.93. The van der Waals surface area contributed by atoms with Crippen LogP contribution in [-0.4, -0.2) is 30.2 Å². The highest BCUT2D eigenvalue weighted by Crippen LogP contribution is 2.29. The smallest absolute Gasteiger partial charge is 0.0587 e. The van der Waals surface area contributed by atoms with Crippen LogP contribution in [0.5, 0.6) is 0 Å². The van der Waals surface area contributed by atoms with Crippen molar-refractivity contribution in [3.8, 4) is 0 Å². The Kier molecular flexibility index (Phi) is 3.76. The predicted molar refractivity (Wildman–Crippen MR) is 78.0 cm³/mol. The van der Waals surface area contributed by atoms with Crippen LogP contribution in [0.1, 0.15) is 37.3 Å². The third-order valence-corrected chi connectivity index (χ3v) is 4.65. The maximum atomic E-state index is 6.14. The van der Waals surface area contributed by atoms with E-state index < -0.39 is 0 Å². The summed E-state index contributed by atoms with van der Waals surface area (Å²) in [5.41, 5.74) is 9.89. The van der Waals surface area contributed by atoms with E-state index in [-0.39, 0.29) is 0 Å². The summed E-state index contributed by atoms with van der Waals surface area (Å²) >= 11 is 0. The van der Waals surface area contributed by atoms with E-state index in [2.05, 4.69) is 24.0 Å². The number of fused-ring (bicyclic) bond motifs is 1. The van der Waals surface area contributed by atoms with Crippen LogP contribution >= 0.6 is 0 Å². The average molecular weight is 260 g/mol. The third kappa shape index (κ3) is 2.63. The molecule has 0 spiro atoms. The highest BCUT2D eigenvalue weighted by molar-refractivity contribution is 5.51. The SMILES string of the molecule is CCC1CC(N2CCc3cccc(N)c3C2)CCO1. The van der Waals surface area contributed by atoms with Crippen molar-refractivity contribution >= 4 is 5.69 Å². The van der Waals surface area contributed by atoms with E-state index in [4.69, 9.17) is 10.5 Å². The molecule has 2 heterocycles. The fraction of sp³-hybridized carbons (Fsp3) is 0.625. The molecule has 2 unspecified atom stereocenters. The quantitative estimate of drug-likeness (QED) is 0.831. The molecule has 0 aromatic heterocycles.